The van der Waals surface area contributed by atoms with E-state index in [1.165, 1.54) is 15.8 Å². The molecule has 0 aliphatic carbocycles. The van der Waals surface area contributed by atoms with Gasteiger partial charge in [0.05, 0.1) is 6.61 Å². The lowest BCUT2D eigenvalue weighted by Gasteiger charge is -2.23. The lowest BCUT2D eigenvalue weighted by molar-refractivity contribution is 0.162. The van der Waals surface area contributed by atoms with E-state index in [-0.39, 0.29) is 0 Å². The molecular weight excluding hydrogens is 328 g/mol. The summed E-state index contributed by atoms with van der Waals surface area (Å²) in [7, 11) is 0. The molecule has 2 heterocycles. The summed E-state index contributed by atoms with van der Waals surface area (Å²) in [6, 6.07) is 2.12. The SMILES string of the molecule is BrCC1(Cc2sccc2Br)CCOC1. The summed E-state index contributed by atoms with van der Waals surface area (Å²) in [4.78, 5) is 1.44. The van der Waals surface area contributed by atoms with Crippen molar-refractivity contribution in [1.82, 2.24) is 0 Å². The molecule has 1 atom stereocenters. The molecule has 78 valence electrons. The van der Waals surface area contributed by atoms with Gasteiger partial charge in [0.25, 0.3) is 0 Å². The van der Waals surface area contributed by atoms with Crippen molar-refractivity contribution < 1.29 is 4.74 Å². The Bertz CT molecular complexity index is 305. The van der Waals surface area contributed by atoms with Gasteiger partial charge in [0.1, 0.15) is 0 Å². The van der Waals surface area contributed by atoms with Crippen LogP contribution in [0, 0.1) is 5.41 Å². The fraction of sp³-hybridized carbons (Fsp3) is 0.600. The standard InChI is InChI=1S/C10H12Br2OS/c11-6-10(2-3-13-7-10)5-9-8(12)1-4-14-9/h1,4H,2-3,5-7H2. The monoisotopic (exact) mass is 338 g/mol. The van der Waals surface area contributed by atoms with Crippen LogP contribution in [0.25, 0.3) is 0 Å². The maximum atomic E-state index is 5.50. The molecule has 2 rings (SSSR count). The molecule has 1 aromatic heterocycles. The minimum atomic E-state index is 0.327. The van der Waals surface area contributed by atoms with Crippen molar-refractivity contribution in [1.29, 1.82) is 0 Å². The van der Waals surface area contributed by atoms with Crippen LogP contribution >= 0.6 is 43.2 Å². The van der Waals surface area contributed by atoms with Gasteiger partial charge in [-0.25, -0.2) is 0 Å². The average Bonchev–Trinajstić information content (AvgIpc) is 2.79. The highest BCUT2D eigenvalue weighted by molar-refractivity contribution is 9.10. The van der Waals surface area contributed by atoms with Crippen molar-refractivity contribution >= 4 is 43.2 Å². The minimum absolute atomic E-state index is 0.327. The number of halogens is 2. The Labute approximate surface area is 105 Å². The van der Waals surface area contributed by atoms with Crippen LogP contribution in [0.1, 0.15) is 11.3 Å². The molecule has 1 fully saturated rings. The molecular formula is C10H12Br2OS. The second kappa shape index (κ2) is 4.64. The van der Waals surface area contributed by atoms with Gasteiger partial charge < -0.3 is 4.74 Å². The molecule has 0 radical (unpaired) electrons. The summed E-state index contributed by atoms with van der Waals surface area (Å²) >= 11 is 9.02. The van der Waals surface area contributed by atoms with Crippen molar-refractivity contribution in [3.05, 3.63) is 20.8 Å². The van der Waals surface area contributed by atoms with E-state index in [9.17, 15) is 0 Å². The van der Waals surface area contributed by atoms with E-state index in [2.05, 4.69) is 43.3 Å². The molecule has 0 aromatic carbocycles. The minimum Gasteiger partial charge on any atom is -0.381 e. The van der Waals surface area contributed by atoms with Crippen LogP contribution in [0.15, 0.2) is 15.9 Å². The third-order valence-corrected chi connectivity index (χ3v) is 5.81. The predicted molar refractivity (Wildman–Crippen MR) is 67.4 cm³/mol. The smallest absolute Gasteiger partial charge is 0.0534 e. The fourth-order valence-corrected chi connectivity index (χ4v) is 4.04. The molecule has 0 saturated carbocycles. The fourth-order valence-electron chi connectivity index (χ4n) is 1.73. The van der Waals surface area contributed by atoms with Gasteiger partial charge in [-0.3, -0.25) is 0 Å². The largest absolute Gasteiger partial charge is 0.381 e. The number of hydrogen-bond acceptors (Lipinski definition) is 2. The van der Waals surface area contributed by atoms with Crippen LogP contribution in [0.3, 0.4) is 0 Å². The molecule has 1 aliphatic heterocycles. The van der Waals surface area contributed by atoms with Crippen LogP contribution in [0.4, 0.5) is 0 Å². The van der Waals surface area contributed by atoms with E-state index < -0.39 is 0 Å². The third kappa shape index (κ3) is 2.23. The Hall–Kier alpha value is 0.620. The summed E-state index contributed by atoms with van der Waals surface area (Å²) in [5.74, 6) is 0. The molecule has 0 spiro atoms. The highest BCUT2D eigenvalue weighted by atomic mass is 79.9. The van der Waals surface area contributed by atoms with E-state index in [0.29, 0.717) is 5.41 Å². The zero-order valence-electron chi connectivity index (χ0n) is 7.76. The van der Waals surface area contributed by atoms with Gasteiger partial charge in [0.15, 0.2) is 0 Å². The highest BCUT2D eigenvalue weighted by Gasteiger charge is 2.34. The molecule has 1 nitrogen and oxygen atoms in total. The first-order valence-electron chi connectivity index (χ1n) is 4.61. The number of ether oxygens (including phenoxy) is 1. The Morgan fingerprint density at radius 2 is 2.43 bits per heavy atom. The zero-order valence-corrected chi connectivity index (χ0v) is 11.8. The molecule has 1 aromatic rings. The number of alkyl halides is 1. The molecule has 4 heteroatoms. The van der Waals surface area contributed by atoms with Gasteiger partial charge >= 0.3 is 0 Å². The summed E-state index contributed by atoms with van der Waals surface area (Å²) in [6.07, 6.45) is 2.29. The highest BCUT2D eigenvalue weighted by Crippen LogP contribution is 2.38. The first kappa shape index (κ1) is 11.1. The van der Waals surface area contributed by atoms with E-state index in [1.807, 2.05) is 11.3 Å². The van der Waals surface area contributed by atoms with E-state index in [1.54, 1.807) is 0 Å². The molecule has 1 unspecified atom stereocenters. The Morgan fingerprint density at radius 1 is 1.57 bits per heavy atom. The molecule has 14 heavy (non-hydrogen) atoms. The van der Waals surface area contributed by atoms with Gasteiger partial charge in [0.2, 0.25) is 0 Å². The van der Waals surface area contributed by atoms with Gasteiger partial charge in [-0.15, -0.1) is 11.3 Å². The van der Waals surface area contributed by atoms with Crippen LogP contribution in [-0.2, 0) is 11.2 Å². The molecule has 1 saturated heterocycles. The number of rotatable bonds is 3. The normalized spacial score (nSPS) is 27.0. The molecule has 0 amide bonds. The van der Waals surface area contributed by atoms with Gasteiger partial charge in [-0.1, -0.05) is 15.9 Å². The predicted octanol–water partition coefficient (Wildman–Crippen LogP) is 3.85. The zero-order chi connectivity index (χ0) is 10.0. The Kier molecular flexibility index (Phi) is 3.68. The van der Waals surface area contributed by atoms with Crippen LogP contribution in [-0.4, -0.2) is 18.5 Å². The van der Waals surface area contributed by atoms with Crippen molar-refractivity contribution in [3.8, 4) is 0 Å². The Morgan fingerprint density at radius 3 is 2.93 bits per heavy atom. The first-order valence-corrected chi connectivity index (χ1v) is 7.41. The van der Waals surface area contributed by atoms with Crippen molar-refractivity contribution in [2.45, 2.75) is 12.8 Å². The summed E-state index contributed by atoms with van der Waals surface area (Å²) in [5, 5.41) is 3.17. The van der Waals surface area contributed by atoms with E-state index in [0.717, 1.165) is 25.0 Å². The lowest BCUT2D eigenvalue weighted by atomic mass is 9.86. The van der Waals surface area contributed by atoms with Gasteiger partial charge in [-0.2, -0.15) is 0 Å². The third-order valence-electron chi connectivity index (χ3n) is 2.70. The molecule has 0 N–H and O–H groups in total. The van der Waals surface area contributed by atoms with Gasteiger partial charge in [0, 0.05) is 26.7 Å². The Balaban J connectivity index is 2.12. The van der Waals surface area contributed by atoms with E-state index >= 15 is 0 Å². The van der Waals surface area contributed by atoms with Crippen LogP contribution < -0.4 is 0 Å². The molecule has 0 bridgehead atoms. The van der Waals surface area contributed by atoms with Crippen molar-refractivity contribution in [3.63, 3.8) is 0 Å². The topological polar surface area (TPSA) is 9.23 Å². The summed E-state index contributed by atoms with van der Waals surface area (Å²) in [5.41, 5.74) is 0.327. The van der Waals surface area contributed by atoms with Crippen molar-refractivity contribution in [2.75, 3.05) is 18.5 Å². The van der Waals surface area contributed by atoms with Crippen molar-refractivity contribution in [2.24, 2.45) is 5.41 Å². The maximum absolute atomic E-state index is 5.50. The maximum Gasteiger partial charge on any atom is 0.0534 e. The van der Waals surface area contributed by atoms with Gasteiger partial charge in [-0.05, 0) is 40.2 Å². The lowest BCUT2D eigenvalue weighted by Crippen LogP contribution is -2.25. The van der Waals surface area contributed by atoms with E-state index in [4.69, 9.17) is 4.74 Å². The number of thiophene rings is 1. The second-order valence-electron chi connectivity index (χ2n) is 3.80. The average molecular weight is 340 g/mol. The summed E-state index contributed by atoms with van der Waals surface area (Å²) in [6.45, 7) is 1.80. The summed E-state index contributed by atoms with van der Waals surface area (Å²) < 4.78 is 6.74. The molecule has 1 aliphatic rings. The number of hydrogen-bond donors (Lipinski definition) is 0. The van der Waals surface area contributed by atoms with Crippen LogP contribution in [0.2, 0.25) is 0 Å². The first-order chi connectivity index (χ1) is 6.76. The quantitative estimate of drug-likeness (QED) is 0.760. The second-order valence-corrected chi connectivity index (χ2v) is 6.22. The van der Waals surface area contributed by atoms with Crippen LogP contribution in [0.5, 0.6) is 0 Å².